The zero-order valence-electron chi connectivity index (χ0n) is 14.4. The molecule has 4 heterocycles. The number of fused-ring (bicyclic) bond motifs is 3. The fraction of sp³-hybridized carbons (Fsp3) is 0.368. The minimum Gasteiger partial charge on any atom is -0.494 e. The Morgan fingerprint density at radius 1 is 1.19 bits per heavy atom. The van der Waals surface area contributed by atoms with Gasteiger partial charge in [0.2, 0.25) is 0 Å². The van der Waals surface area contributed by atoms with Crippen molar-refractivity contribution in [3.63, 3.8) is 0 Å². The second-order valence-corrected chi connectivity index (χ2v) is 7.95. The molecule has 134 valence electrons. The van der Waals surface area contributed by atoms with Crippen molar-refractivity contribution in [1.29, 1.82) is 0 Å². The van der Waals surface area contributed by atoms with Crippen LogP contribution in [0.25, 0.3) is 20.7 Å². The molecule has 2 fully saturated rings. The molecule has 26 heavy (non-hydrogen) atoms. The Kier molecular flexibility index (Phi) is 3.79. The fourth-order valence-corrected chi connectivity index (χ4v) is 5.02. The molecular weight excluding hydrogens is 351 g/mol. The maximum atomic E-state index is 14.1. The molecule has 2 atom stereocenters. The zero-order valence-corrected chi connectivity index (χ0v) is 15.2. The van der Waals surface area contributed by atoms with Gasteiger partial charge in [-0.15, -0.1) is 11.3 Å². The first-order valence-electron chi connectivity index (χ1n) is 8.81. The van der Waals surface area contributed by atoms with Gasteiger partial charge in [0.15, 0.2) is 11.6 Å². The average molecular weight is 370 g/mol. The number of methoxy groups -OCH3 is 1. The van der Waals surface area contributed by atoms with E-state index in [1.165, 1.54) is 26.0 Å². The van der Waals surface area contributed by atoms with E-state index in [0.717, 1.165) is 39.6 Å². The predicted octanol–water partition coefficient (Wildman–Crippen LogP) is 3.45. The van der Waals surface area contributed by atoms with Gasteiger partial charge in [-0.25, -0.2) is 14.4 Å². The third-order valence-electron chi connectivity index (χ3n) is 5.26. The van der Waals surface area contributed by atoms with Crippen molar-refractivity contribution in [2.75, 3.05) is 25.1 Å². The first-order valence-corrected chi connectivity index (χ1v) is 9.62. The van der Waals surface area contributed by atoms with E-state index in [9.17, 15) is 4.39 Å². The summed E-state index contributed by atoms with van der Waals surface area (Å²) in [6.07, 6.45) is 4.10. The molecular formula is C19H19FN4OS. The van der Waals surface area contributed by atoms with Crippen LogP contribution in [0.4, 0.5) is 10.2 Å². The molecule has 2 aliphatic rings. The van der Waals surface area contributed by atoms with E-state index in [2.05, 4.69) is 26.3 Å². The standard InChI is InChI=1S/C19H19FN4OS/c1-25-16-5-2-11(6-15(16)20)17-7-14-18(21-10-22-19(14)26-17)24-8-12-3-4-13(9-24)23-12/h2,5-7,10,12-13,23H,3-4,8-9H2,1H3. The third-order valence-corrected chi connectivity index (χ3v) is 6.35. The lowest BCUT2D eigenvalue weighted by atomic mass is 10.1. The molecule has 2 unspecified atom stereocenters. The summed E-state index contributed by atoms with van der Waals surface area (Å²) in [4.78, 5) is 13.3. The van der Waals surface area contributed by atoms with Crippen LogP contribution in [0.3, 0.4) is 0 Å². The van der Waals surface area contributed by atoms with Crippen LogP contribution < -0.4 is 15.0 Å². The van der Waals surface area contributed by atoms with Gasteiger partial charge in [0.05, 0.1) is 12.5 Å². The molecule has 2 saturated heterocycles. The molecule has 0 amide bonds. The molecule has 2 aromatic heterocycles. The van der Waals surface area contributed by atoms with Gasteiger partial charge < -0.3 is 15.0 Å². The number of anilines is 1. The largest absolute Gasteiger partial charge is 0.494 e. The highest BCUT2D eigenvalue weighted by molar-refractivity contribution is 7.21. The lowest BCUT2D eigenvalue weighted by Crippen LogP contribution is -2.51. The summed E-state index contributed by atoms with van der Waals surface area (Å²) in [5.41, 5.74) is 0.831. The van der Waals surface area contributed by atoms with E-state index in [1.807, 2.05) is 6.07 Å². The molecule has 5 rings (SSSR count). The molecule has 7 heteroatoms. The third kappa shape index (κ3) is 2.62. The number of thiophene rings is 1. The van der Waals surface area contributed by atoms with Crippen molar-refractivity contribution in [2.24, 2.45) is 0 Å². The lowest BCUT2D eigenvalue weighted by Gasteiger charge is -2.33. The lowest BCUT2D eigenvalue weighted by molar-refractivity contribution is 0.386. The molecule has 3 aromatic rings. The number of nitrogens with one attached hydrogen (secondary N) is 1. The number of hydrogen-bond donors (Lipinski definition) is 1. The topological polar surface area (TPSA) is 50.3 Å². The van der Waals surface area contributed by atoms with Crippen LogP contribution in [0.15, 0.2) is 30.6 Å². The molecule has 2 aliphatic heterocycles. The van der Waals surface area contributed by atoms with E-state index >= 15 is 0 Å². The normalized spacial score (nSPS) is 22.2. The Balaban J connectivity index is 1.55. The Morgan fingerprint density at radius 2 is 2.00 bits per heavy atom. The van der Waals surface area contributed by atoms with Crippen molar-refractivity contribution >= 4 is 27.4 Å². The molecule has 1 aromatic carbocycles. The van der Waals surface area contributed by atoms with Crippen LogP contribution >= 0.6 is 11.3 Å². The van der Waals surface area contributed by atoms with Crippen LogP contribution in [0.2, 0.25) is 0 Å². The average Bonchev–Trinajstić information content (AvgIpc) is 3.24. The van der Waals surface area contributed by atoms with Crippen LogP contribution in [-0.4, -0.2) is 42.3 Å². The Morgan fingerprint density at radius 3 is 2.73 bits per heavy atom. The van der Waals surface area contributed by atoms with E-state index in [0.29, 0.717) is 12.1 Å². The summed E-state index contributed by atoms with van der Waals surface area (Å²) in [5.74, 6) is 0.893. The van der Waals surface area contributed by atoms with E-state index in [-0.39, 0.29) is 11.6 Å². The van der Waals surface area contributed by atoms with Gasteiger partial charge in [0.1, 0.15) is 17.0 Å². The Labute approximate surface area is 154 Å². The first kappa shape index (κ1) is 16.0. The van der Waals surface area contributed by atoms with Crippen molar-refractivity contribution in [1.82, 2.24) is 15.3 Å². The Bertz CT molecular complexity index is 963. The maximum absolute atomic E-state index is 14.1. The van der Waals surface area contributed by atoms with Crippen molar-refractivity contribution in [2.45, 2.75) is 24.9 Å². The first-order chi connectivity index (χ1) is 12.7. The van der Waals surface area contributed by atoms with Crippen molar-refractivity contribution in [3.8, 4) is 16.2 Å². The smallest absolute Gasteiger partial charge is 0.165 e. The summed E-state index contributed by atoms with van der Waals surface area (Å²) in [7, 11) is 1.47. The monoisotopic (exact) mass is 370 g/mol. The van der Waals surface area contributed by atoms with Gasteiger partial charge >= 0.3 is 0 Å². The molecule has 0 radical (unpaired) electrons. The van der Waals surface area contributed by atoms with Crippen LogP contribution in [0.1, 0.15) is 12.8 Å². The molecule has 0 spiro atoms. The molecule has 0 aliphatic carbocycles. The minimum atomic E-state index is -0.354. The highest BCUT2D eigenvalue weighted by atomic mass is 32.1. The number of nitrogens with zero attached hydrogens (tertiary/aromatic N) is 3. The summed E-state index contributed by atoms with van der Waals surface area (Å²) in [5, 5.41) is 4.70. The summed E-state index contributed by atoms with van der Waals surface area (Å²) < 4.78 is 19.1. The van der Waals surface area contributed by atoms with Crippen LogP contribution in [0, 0.1) is 5.82 Å². The van der Waals surface area contributed by atoms with Crippen molar-refractivity contribution < 1.29 is 9.13 Å². The number of benzene rings is 1. The fourth-order valence-electron chi connectivity index (χ4n) is 4.03. The van der Waals surface area contributed by atoms with E-state index < -0.39 is 0 Å². The number of halogens is 1. The number of piperazine rings is 1. The second-order valence-electron chi connectivity index (χ2n) is 6.92. The van der Waals surface area contributed by atoms with Gasteiger partial charge in [-0.1, -0.05) is 0 Å². The minimum absolute atomic E-state index is 0.256. The molecule has 5 nitrogen and oxygen atoms in total. The van der Waals surface area contributed by atoms with Gasteiger partial charge in [-0.3, -0.25) is 0 Å². The van der Waals surface area contributed by atoms with E-state index in [1.54, 1.807) is 23.7 Å². The molecule has 2 bridgehead atoms. The summed E-state index contributed by atoms with van der Waals surface area (Å²) in [6, 6.07) is 8.24. The summed E-state index contributed by atoms with van der Waals surface area (Å²) in [6.45, 7) is 1.95. The zero-order chi connectivity index (χ0) is 17.7. The second kappa shape index (κ2) is 6.17. The number of rotatable bonds is 3. The van der Waals surface area contributed by atoms with Gasteiger partial charge in [-0.2, -0.15) is 0 Å². The number of aromatic nitrogens is 2. The van der Waals surface area contributed by atoms with Gasteiger partial charge in [0.25, 0.3) is 0 Å². The SMILES string of the molecule is COc1ccc(-c2cc3c(N4CC5CCC(C4)N5)ncnc3s2)cc1F. The number of ether oxygens (including phenoxy) is 1. The van der Waals surface area contributed by atoms with Gasteiger partial charge in [-0.05, 0) is 42.7 Å². The Hall–Kier alpha value is -2.25. The van der Waals surface area contributed by atoms with Crippen LogP contribution in [-0.2, 0) is 0 Å². The highest BCUT2D eigenvalue weighted by Crippen LogP contribution is 2.38. The highest BCUT2D eigenvalue weighted by Gasteiger charge is 2.33. The molecule has 0 saturated carbocycles. The number of hydrogen-bond acceptors (Lipinski definition) is 6. The summed E-state index contributed by atoms with van der Waals surface area (Å²) >= 11 is 1.57. The quantitative estimate of drug-likeness (QED) is 0.765. The van der Waals surface area contributed by atoms with Crippen LogP contribution in [0.5, 0.6) is 5.75 Å². The molecule has 1 N–H and O–H groups in total. The maximum Gasteiger partial charge on any atom is 0.165 e. The van der Waals surface area contributed by atoms with E-state index in [4.69, 9.17) is 4.74 Å². The van der Waals surface area contributed by atoms with Crippen molar-refractivity contribution in [3.05, 3.63) is 36.4 Å². The van der Waals surface area contributed by atoms with Gasteiger partial charge in [0, 0.05) is 30.1 Å². The predicted molar refractivity (Wildman–Crippen MR) is 102 cm³/mol.